The highest BCUT2D eigenvalue weighted by Gasteiger charge is 2.23. The quantitative estimate of drug-likeness (QED) is 0.335. The lowest BCUT2D eigenvalue weighted by Gasteiger charge is -2.10. The van der Waals surface area contributed by atoms with E-state index >= 15 is 0 Å². The van der Waals surface area contributed by atoms with Gasteiger partial charge in [0.2, 0.25) is 0 Å². The first-order chi connectivity index (χ1) is 12.2. The molecule has 25 heavy (non-hydrogen) atoms. The zero-order valence-corrected chi connectivity index (χ0v) is 15.4. The number of hydrogen-bond donors (Lipinski definition) is 0. The van der Waals surface area contributed by atoms with Crippen molar-refractivity contribution in [3.8, 4) is 0 Å². The third-order valence-corrected chi connectivity index (χ3v) is 4.88. The minimum absolute atomic E-state index is 0.116. The molecule has 0 fully saturated rings. The van der Waals surface area contributed by atoms with Gasteiger partial charge in [0.1, 0.15) is 0 Å². The summed E-state index contributed by atoms with van der Waals surface area (Å²) in [6, 6.07) is 20.1. The molecule has 0 heterocycles. The molecule has 5 heteroatoms. The van der Waals surface area contributed by atoms with Crippen molar-refractivity contribution in [1.29, 1.82) is 0 Å². The summed E-state index contributed by atoms with van der Waals surface area (Å²) in [5.74, 6) is 0. The summed E-state index contributed by atoms with van der Waals surface area (Å²) in [4.78, 5) is 0. The molecule has 0 spiro atoms. The molecule has 0 aromatic heterocycles. The molecular weight excluding hydrogens is 338 g/mol. The van der Waals surface area contributed by atoms with E-state index in [1.807, 2.05) is 36.4 Å². The summed E-state index contributed by atoms with van der Waals surface area (Å²) in [6.07, 6.45) is 4.84. The lowest BCUT2D eigenvalue weighted by Crippen LogP contribution is -1.98. The Balaban J connectivity index is 1.50. The normalized spacial score (nSPS) is 11.6. The zero-order valence-electron chi connectivity index (χ0n) is 14.5. The maximum Gasteiger partial charge on any atom is 0.513 e. The first-order valence-corrected chi connectivity index (χ1v) is 10.3. The second-order valence-corrected chi connectivity index (χ2v) is 7.36. The van der Waals surface area contributed by atoms with Crippen LogP contribution in [0.5, 0.6) is 0 Å². The number of benzene rings is 2. The highest BCUT2D eigenvalue weighted by Crippen LogP contribution is 2.50. The first kappa shape index (κ1) is 19.8. The van der Waals surface area contributed by atoms with E-state index in [2.05, 4.69) is 24.3 Å². The van der Waals surface area contributed by atoms with Gasteiger partial charge < -0.3 is 0 Å². The predicted octanol–water partition coefficient (Wildman–Crippen LogP) is 6.14. The van der Waals surface area contributed by atoms with Crippen LogP contribution in [0.15, 0.2) is 60.7 Å². The van der Waals surface area contributed by atoms with Crippen molar-refractivity contribution >= 4 is 7.91 Å². The van der Waals surface area contributed by atoms with Gasteiger partial charge in [-0.05, 0) is 49.7 Å². The van der Waals surface area contributed by atoms with Gasteiger partial charge in [0.15, 0.2) is 0 Å². The molecule has 0 aliphatic rings. The van der Waals surface area contributed by atoms with E-state index in [4.69, 9.17) is 9.05 Å². The van der Waals surface area contributed by atoms with Crippen molar-refractivity contribution in [1.82, 2.24) is 0 Å². The molecule has 0 saturated heterocycles. The Morgan fingerprint density at radius 3 is 1.48 bits per heavy atom. The monoisotopic (exact) mass is 364 g/mol. The standard InChI is InChI=1S/C20H26FO3P/c21-25(22,23-17-9-7-15-19-11-3-1-4-12-19)24-18-10-8-16-20-13-5-2-6-14-20/h1-6,11-14H,7-10,15-18H2. The van der Waals surface area contributed by atoms with Crippen molar-refractivity contribution in [2.75, 3.05) is 13.2 Å². The minimum atomic E-state index is -4.42. The van der Waals surface area contributed by atoms with Gasteiger partial charge in [0.05, 0.1) is 13.2 Å². The van der Waals surface area contributed by atoms with Gasteiger partial charge in [0, 0.05) is 0 Å². The summed E-state index contributed by atoms with van der Waals surface area (Å²) in [5, 5.41) is 0. The molecule has 0 radical (unpaired) electrons. The van der Waals surface area contributed by atoms with Crippen LogP contribution >= 0.6 is 7.91 Å². The SMILES string of the molecule is O=P(F)(OCCCCc1ccccc1)OCCCCc1ccccc1. The summed E-state index contributed by atoms with van der Waals surface area (Å²) < 4.78 is 34.9. The van der Waals surface area contributed by atoms with Gasteiger partial charge in [-0.25, -0.2) is 4.57 Å². The van der Waals surface area contributed by atoms with Crippen LogP contribution in [0.2, 0.25) is 0 Å². The molecule has 0 unspecified atom stereocenters. The third kappa shape index (κ3) is 8.97. The topological polar surface area (TPSA) is 35.5 Å². The van der Waals surface area contributed by atoms with Crippen LogP contribution in [0.25, 0.3) is 0 Å². The highest BCUT2D eigenvalue weighted by molar-refractivity contribution is 7.48. The summed E-state index contributed by atoms with van der Waals surface area (Å²) in [7, 11) is -4.42. The number of halogens is 1. The summed E-state index contributed by atoms with van der Waals surface area (Å²) in [5.41, 5.74) is 2.47. The van der Waals surface area contributed by atoms with E-state index in [1.165, 1.54) is 11.1 Å². The molecule has 136 valence electrons. The van der Waals surface area contributed by atoms with Crippen molar-refractivity contribution in [3.05, 3.63) is 71.8 Å². The van der Waals surface area contributed by atoms with E-state index in [-0.39, 0.29) is 13.2 Å². The lowest BCUT2D eigenvalue weighted by atomic mass is 10.1. The number of unbranched alkanes of at least 4 members (excludes halogenated alkanes) is 2. The number of aryl methyl sites for hydroxylation is 2. The number of rotatable bonds is 12. The highest BCUT2D eigenvalue weighted by atomic mass is 31.2. The average molecular weight is 364 g/mol. The average Bonchev–Trinajstić information content (AvgIpc) is 2.63. The fourth-order valence-corrected chi connectivity index (χ4v) is 3.31. The first-order valence-electron chi connectivity index (χ1n) is 8.82. The van der Waals surface area contributed by atoms with E-state index in [1.54, 1.807) is 0 Å². The molecule has 0 N–H and O–H groups in total. The molecule has 2 aromatic rings. The van der Waals surface area contributed by atoms with E-state index in [0.29, 0.717) is 12.8 Å². The third-order valence-electron chi connectivity index (χ3n) is 3.90. The Kier molecular flexibility index (Phi) is 8.89. The fourth-order valence-electron chi connectivity index (χ4n) is 2.54. The zero-order chi connectivity index (χ0) is 17.8. The summed E-state index contributed by atoms with van der Waals surface area (Å²) in [6.45, 7) is 0.231. The molecule has 2 aromatic carbocycles. The molecule has 0 bridgehead atoms. The predicted molar refractivity (Wildman–Crippen MR) is 99.4 cm³/mol. The van der Waals surface area contributed by atoms with Crippen molar-refractivity contribution in [2.45, 2.75) is 38.5 Å². The lowest BCUT2D eigenvalue weighted by molar-refractivity contribution is 0.170. The second kappa shape index (κ2) is 11.2. The molecule has 0 saturated carbocycles. The molecule has 3 nitrogen and oxygen atoms in total. The van der Waals surface area contributed by atoms with Gasteiger partial charge in [-0.2, -0.15) is 0 Å². The molecule has 0 aliphatic heterocycles. The van der Waals surface area contributed by atoms with E-state index < -0.39 is 7.91 Å². The molecule has 0 atom stereocenters. The Labute approximate surface area is 149 Å². The van der Waals surface area contributed by atoms with Gasteiger partial charge in [-0.1, -0.05) is 60.7 Å². The molecule has 2 rings (SSSR count). The van der Waals surface area contributed by atoms with Gasteiger partial charge in [-0.15, -0.1) is 4.20 Å². The molecule has 0 aliphatic carbocycles. The Bertz CT molecular complexity index is 580. The number of hydrogen-bond acceptors (Lipinski definition) is 3. The maximum absolute atomic E-state index is 13.7. The van der Waals surface area contributed by atoms with Crippen molar-refractivity contribution in [2.24, 2.45) is 0 Å². The minimum Gasteiger partial charge on any atom is -0.284 e. The smallest absolute Gasteiger partial charge is 0.284 e. The van der Waals surface area contributed by atoms with Crippen molar-refractivity contribution < 1.29 is 17.8 Å². The Morgan fingerprint density at radius 1 is 0.680 bits per heavy atom. The van der Waals surface area contributed by atoms with Crippen molar-refractivity contribution in [3.63, 3.8) is 0 Å². The van der Waals surface area contributed by atoms with Crippen LogP contribution in [0, 0.1) is 0 Å². The molecule has 0 amide bonds. The second-order valence-electron chi connectivity index (χ2n) is 5.98. The fraction of sp³-hybridized carbons (Fsp3) is 0.400. The summed E-state index contributed by atoms with van der Waals surface area (Å²) >= 11 is 0. The van der Waals surface area contributed by atoms with Crippen LogP contribution in [0.1, 0.15) is 36.8 Å². The van der Waals surface area contributed by atoms with Crippen LogP contribution in [-0.2, 0) is 26.5 Å². The van der Waals surface area contributed by atoms with Gasteiger partial charge in [0.25, 0.3) is 0 Å². The molecular formula is C20H26FO3P. The van der Waals surface area contributed by atoms with Crippen LogP contribution in [0.3, 0.4) is 0 Å². The Hall–Kier alpha value is -1.48. The van der Waals surface area contributed by atoms with E-state index in [9.17, 15) is 8.76 Å². The van der Waals surface area contributed by atoms with Crippen LogP contribution in [0.4, 0.5) is 4.20 Å². The van der Waals surface area contributed by atoms with Gasteiger partial charge in [-0.3, -0.25) is 9.05 Å². The maximum atomic E-state index is 13.7. The van der Waals surface area contributed by atoms with E-state index in [0.717, 1.165) is 25.7 Å². The Morgan fingerprint density at radius 2 is 1.08 bits per heavy atom. The largest absolute Gasteiger partial charge is 0.513 e. The van der Waals surface area contributed by atoms with Crippen LogP contribution in [-0.4, -0.2) is 13.2 Å². The van der Waals surface area contributed by atoms with Crippen LogP contribution < -0.4 is 0 Å². The van der Waals surface area contributed by atoms with Gasteiger partial charge >= 0.3 is 7.91 Å².